The van der Waals surface area contributed by atoms with Crippen molar-refractivity contribution in [3.63, 3.8) is 0 Å². The maximum absolute atomic E-state index is 12.4. The standard InChI is InChI=1S/C20H36N6O6/c1-7-21-9-8-16(28)23(3)13-18(30)25(5)15-20(32)26(6)14-19(31)24(4)12-17(29)22(2)10-11-27/h11,21H,7-10,12-15H2,1-6H3. The van der Waals surface area contributed by atoms with Crippen LogP contribution in [-0.4, -0.2) is 141 Å². The predicted molar refractivity (Wildman–Crippen MR) is 117 cm³/mol. The average Bonchev–Trinajstić information content (AvgIpc) is 2.73. The van der Waals surface area contributed by atoms with E-state index in [9.17, 15) is 28.8 Å². The lowest BCUT2D eigenvalue weighted by Gasteiger charge is -2.26. The molecule has 0 spiro atoms. The van der Waals surface area contributed by atoms with Crippen molar-refractivity contribution in [3.8, 4) is 0 Å². The van der Waals surface area contributed by atoms with Gasteiger partial charge < -0.3 is 34.6 Å². The van der Waals surface area contributed by atoms with Crippen LogP contribution in [-0.2, 0) is 28.8 Å². The Bertz CT molecular complexity index is 685. The van der Waals surface area contributed by atoms with Gasteiger partial charge in [-0.15, -0.1) is 0 Å². The van der Waals surface area contributed by atoms with Crippen molar-refractivity contribution in [1.29, 1.82) is 0 Å². The summed E-state index contributed by atoms with van der Waals surface area (Å²) in [5.41, 5.74) is 0. The lowest BCUT2D eigenvalue weighted by Crippen LogP contribution is -2.47. The molecule has 182 valence electrons. The molecule has 0 aliphatic rings. The number of amides is 5. The zero-order valence-corrected chi connectivity index (χ0v) is 19.9. The van der Waals surface area contributed by atoms with Crippen LogP contribution in [0, 0.1) is 0 Å². The summed E-state index contributed by atoms with van der Waals surface area (Å²) in [4.78, 5) is 77.4. The van der Waals surface area contributed by atoms with Gasteiger partial charge in [-0.25, -0.2) is 0 Å². The molecule has 5 amide bonds. The van der Waals surface area contributed by atoms with Gasteiger partial charge >= 0.3 is 0 Å². The van der Waals surface area contributed by atoms with E-state index < -0.39 is 23.6 Å². The van der Waals surface area contributed by atoms with Crippen molar-refractivity contribution in [2.45, 2.75) is 13.3 Å². The molecule has 0 aliphatic carbocycles. The molecular formula is C20H36N6O6. The monoisotopic (exact) mass is 456 g/mol. The van der Waals surface area contributed by atoms with Gasteiger partial charge in [0.05, 0.1) is 32.7 Å². The molecule has 0 saturated carbocycles. The number of hydrogen-bond acceptors (Lipinski definition) is 7. The molecule has 0 saturated heterocycles. The van der Waals surface area contributed by atoms with Gasteiger partial charge in [-0.2, -0.15) is 0 Å². The van der Waals surface area contributed by atoms with Crippen LogP contribution in [0.15, 0.2) is 0 Å². The number of nitrogens with zero attached hydrogens (tertiary/aromatic N) is 5. The number of likely N-dealkylation sites (N-methyl/N-ethyl adjacent to an activating group) is 5. The van der Waals surface area contributed by atoms with Gasteiger partial charge in [0.25, 0.3) is 0 Å². The van der Waals surface area contributed by atoms with E-state index in [2.05, 4.69) is 5.32 Å². The molecule has 12 heteroatoms. The molecule has 0 radical (unpaired) electrons. The molecule has 0 aromatic heterocycles. The molecule has 0 heterocycles. The Morgan fingerprint density at radius 1 is 0.625 bits per heavy atom. The van der Waals surface area contributed by atoms with Crippen molar-refractivity contribution in [2.24, 2.45) is 0 Å². The number of aldehydes is 1. The summed E-state index contributed by atoms with van der Waals surface area (Å²) in [6.07, 6.45) is 0.855. The van der Waals surface area contributed by atoms with Gasteiger partial charge in [-0.1, -0.05) is 6.92 Å². The molecule has 32 heavy (non-hydrogen) atoms. The molecule has 12 nitrogen and oxygen atoms in total. The summed E-state index contributed by atoms with van der Waals surface area (Å²) in [6, 6.07) is 0. The Labute approximate surface area is 189 Å². The van der Waals surface area contributed by atoms with E-state index in [1.54, 1.807) is 0 Å². The lowest BCUT2D eigenvalue weighted by atomic mass is 10.3. The number of nitrogens with one attached hydrogen (secondary N) is 1. The van der Waals surface area contributed by atoms with Gasteiger partial charge in [0, 0.05) is 48.2 Å². The maximum atomic E-state index is 12.4. The second-order valence-corrected chi connectivity index (χ2v) is 7.54. The van der Waals surface area contributed by atoms with Gasteiger partial charge in [0.1, 0.15) is 6.29 Å². The zero-order valence-electron chi connectivity index (χ0n) is 19.9. The van der Waals surface area contributed by atoms with Crippen LogP contribution in [0.2, 0.25) is 0 Å². The summed E-state index contributed by atoms with van der Waals surface area (Å²) in [6.45, 7) is 2.22. The molecular weight excluding hydrogens is 420 g/mol. The van der Waals surface area contributed by atoms with Crippen molar-refractivity contribution in [1.82, 2.24) is 29.8 Å². The Balaban J connectivity index is 4.56. The summed E-state index contributed by atoms with van der Waals surface area (Å²) < 4.78 is 0. The normalized spacial score (nSPS) is 10.2. The Kier molecular flexibility index (Phi) is 13.5. The van der Waals surface area contributed by atoms with E-state index in [0.717, 1.165) is 16.3 Å². The smallest absolute Gasteiger partial charge is 0.242 e. The summed E-state index contributed by atoms with van der Waals surface area (Å²) >= 11 is 0. The minimum Gasteiger partial charge on any atom is -0.337 e. The highest BCUT2D eigenvalue weighted by Crippen LogP contribution is 1.97. The second-order valence-electron chi connectivity index (χ2n) is 7.54. The zero-order chi connectivity index (χ0) is 24.8. The highest BCUT2D eigenvalue weighted by atomic mass is 16.2. The highest BCUT2D eigenvalue weighted by molar-refractivity contribution is 5.91. The van der Waals surface area contributed by atoms with E-state index in [1.807, 2.05) is 6.92 Å². The minimum atomic E-state index is -0.465. The molecule has 0 unspecified atom stereocenters. The van der Waals surface area contributed by atoms with Crippen LogP contribution in [0.3, 0.4) is 0 Å². The first-order valence-electron chi connectivity index (χ1n) is 10.3. The highest BCUT2D eigenvalue weighted by Gasteiger charge is 2.22. The molecule has 0 aliphatic heterocycles. The van der Waals surface area contributed by atoms with Crippen molar-refractivity contribution >= 4 is 35.8 Å². The number of carbonyl (C=O) groups excluding carboxylic acids is 6. The maximum Gasteiger partial charge on any atom is 0.242 e. The van der Waals surface area contributed by atoms with Gasteiger partial charge in [-0.05, 0) is 6.54 Å². The fourth-order valence-corrected chi connectivity index (χ4v) is 2.42. The quantitative estimate of drug-likeness (QED) is 0.225. The molecule has 0 fully saturated rings. The van der Waals surface area contributed by atoms with Crippen LogP contribution in [0.1, 0.15) is 13.3 Å². The first-order chi connectivity index (χ1) is 14.9. The predicted octanol–water partition coefficient (Wildman–Crippen LogP) is -2.52. The number of carbonyl (C=O) groups is 6. The fraction of sp³-hybridized carbons (Fsp3) is 0.700. The van der Waals surface area contributed by atoms with Crippen LogP contribution in [0.25, 0.3) is 0 Å². The van der Waals surface area contributed by atoms with Crippen LogP contribution >= 0.6 is 0 Å². The van der Waals surface area contributed by atoms with Crippen molar-refractivity contribution < 1.29 is 28.8 Å². The van der Waals surface area contributed by atoms with E-state index >= 15 is 0 Å². The molecule has 0 bridgehead atoms. The van der Waals surface area contributed by atoms with Crippen LogP contribution in [0.5, 0.6) is 0 Å². The molecule has 0 atom stereocenters. The van der Waals surface area contributed by atoms with E-state index in [1.165, 1.54) is 49.9 Å². The number of rotatable bonds is 14. The second kappa shape index (κ2) is 14.9. The van der Waals surface area contributed by atoms with E-state index in [-0.39, 0.29) is 45.1 Å². The topological polar surface area (TPSA) is 131 Å². The first-order valence-corrected chi connectivity index (χ1v) is 10.3. The fourth-order valence-electron chi connectivity index (χ4n) is 2.42. The minimum absolute atomic E-state index is 0.0734. The largest absolute Gasteiger partial charge is 0.337 e. The summed E-state index contributed by atoms with van der Waals surface area (Å²) in [7, 11) is 7.26. The van der Waals surface area contributed by atoms with Crippen molar-refractivity contribution in [3.05, 3.63) is 0 Å². The third-order valence-corrected chi connectivity index (χ3v) is 4.73. The third-order valence-electron chi connectivity index (χ3n) is 4.73. The lowest BCUT2D eigenvalue weighted by molar-refractivity contribution is -0.144. The molecule has 0 aromatic carbocycles. The van der Waals surface area contributed by atoms with Crippen LogP contribution in [0.4, 0.5) is 0 Å². The molecule has 0 aromatic rings. The Morgan fingerprint density at radius 2 is 0.969 bits per heavy atom. The number of hydrogen-bond donors (Lipinski definition) is 1. The van der Waals surface area contributed by atoms with Gasteiger partial charge in [0.2, 0.25) is 29.5 Å². The Morgan fingerprint density at radius 3 is 1.31 bits per heavy atom. The Hall–Kier alpha value is -3.02. The SMILES string of the molecule is CCNCCC(=O)N(C)CC(=O)N(C)CC(=O)N(C)CC(=O)N(C)CC(=O)N(C)CC=O. The van der Waals surface area contributed by atoms with Gasteiger partial charge in [-0.3, -0.25) is 24.0 Å². The first kappa shape index (κ1) is 29.0. The third kappa shape index (κ3) is 10.8. The molecule has 0 rings (SSSR count). The average molecular weight is 457 g/mol. The van der Waals surface area contributed by atoms with Crippen LogP contribution < -0.4 is 5.32 Å². The van der Waals surface area contributed by atoms with Crippen molar-refractivity contribution in [2.75, 3.05) is 81.1 Å². The van der Waals surface area contributed by atoms with Gasteiger partial charge in [0.15, 0.2) is 0 Å². The van der Waals surface area contributed by atoms with E-state index in [0.29, 0.717) is 12.8 Å². The van der Waals surface area contributed by atoms with E-state index in [4.69, 9.17) is 0 Å². The molecule has 1 N–H and O–H groups in total. The summed E-state index contributed by atoms with van der Waals surface area (Å²) in [5.74, 6) is -1.92. The summed E-state index contributed by atoms with van der Waals surface area (Å²) in [5, 5.41) is 3.03.